The average Bonchev–Trinajstić information content (AvgIpc) is 2.51. The zero-order valence-electron chi connectivity index (χ0n) is 12.0. The van der Waals surface area contributed by atoms with E-state index in [1.807, 2.05) is 31.2 Å². The van der Waals surface area contributed by atoms with Gasteiger partial charge in [0.25, 0.3) is 0 Å². The Hall–Kier alpha value is -2.54. The number of ether oxygens (including phenoxy) is 1. The first-order valence-electron chi connectivity index (χ1n) is 7.15. The van der Waals surface area contributed by atoms with Gasteiger partial charge >= 0.3 is 0 Å². The third-order valence-corrected chi connectivity index (χ3v) is 3.92. The number of aromatic nitrogens is 1. The summed E-state index contributed by atoms with van der Waals surface area (Å²) in [7, 11) is 0. The van der Waals surface area contributed by atoms with Gasteiger partial charge in [0.15, 0.2) is 0 Å². The van der Waals surface area contributed by atoms with Crippen LogP contribution in [0.1, 0.15) is 35.2 Å². The van der Waals surface area contributed by atoms with E-state index in [2.05, 4.69) is 11.1 Å². The van der Waals surface area contributed by atoms with Crippen molar-refractivity contribution in [1.29, 1.82) is 5.26 Å². The number of nitrogens with two attached hydrogens (primary N) is 1. The summed E-state index contributed by atoms with van der Waals surface area (Å²) in [5.41, 5.74) is 10.1. The van der Waals surface area contributed by atoms with Gasteiger partial charge < -0.3 is 10.5 Å². The molecule has 4 nitrogen and oxygen atoms in total. The maximum Gasteiger partial charge on any atom is 0.237 e. The Morgan fingerprint density at radius 1 is 1.29 bits per heavy atom. The van der Waals surface area contributed by atoms with E-state index in [0.29, 0.717) is 22.9 Å². The minimum absolute atomic E-state index is 0.381. The average molecular weight is 279 g/mol. The quantitative estimate of drug-likeness (QED) is 0.854. The molecular formula is C17H17N3O. The number of benzene rings is 1. The highest BCUT2D eigenvalue weighted by Gasteiger charge is 2.17. The molecule has 1 heterocycles. The van der Waals surface area contributed by atoms with Crippen LogP contribution in [0.15, 0.2) is 24.3 Å². The molecule has 0 saturated carbocycles. The molecule has 0 atom stereocenters. The van der Waals surface area contributed by atoms with Crippen molar-refractivity contribution in [2.45, 2.75) is 32.6 Å². The van der Waals surface area contributed by atoms with E-state index >= 15 is 0 Å². The molecule has 2 N–H and O–H groups in total. The van der Waals surface area contributed by atoms with Crippen LogP contribution in [0.25, 0.3) is 0 Å². The summed E-state index contributed by atoms with van der Waals surface area (Å²) in [5.74, 6) is 1.03. The van der Waals surface area contributed by atoms with Gasteiger partial charge in [-0.1, -0.05) is 6.07 Å². The molecule has 4 heteroatoms. The second-order valence-corrected chi connectivity index (χ2v) is 5.34. The molecular weight excluding hydrogens is 262 g/mol. The number of nitriles is 1. The maximum atomic E-state index is 9.33. The standard InChI is InChI=1S/C17H17N3O/c1-11-14(19)6-4-8-16(11)21-17-13(10-18)9-12-5-2-3-7-15(12)20-17/h4,6,8-9H,2-3,5,7,19H2,1H3. The number of nitrogen functional groups attached to an aromatic ring is 1. The van der Waals surface area contributed by atoms with Crippen LogP contribution in [-0.2, 0) is 12.8 Å². The van der Waals surface area contributed by atoms with Crippen molar-refractivity contribution in [1.82, 2.24) is 4.98 Å². The number of fused-ring (bicyclic) bond motifs is 1. The van der Waals surface area contributed by atoms with Gasteiger partial charge in [-0.3, -0.25) is 0 Å². The van der Waals surface area contributed by atoms with Crippen LogP contribution in [-0.4, -0.2) is 4.98 Å². The lowest BCUT2D eigenvalue weighted by atomic mass is 9.95. The van der Waals surface area contributed by atoms with Crippen LogP contribution in [0.2, 0.25) is 0 Å². The van der Waals surface area contributed by atoms with Crippen molar-refractivity contribution >= 4 is 5.69 Å². The number of aryl methyl sites for hydroxylation is 2. The highest BCUT2D eigenvalue weighted by Crippen LogP contribution is 2.31. The fourth-order valence-corrected chi connectivity index (χ4v) is 2.62. The van der Waals surface area contributed by atoms with E-state index < -0.39 is 0 Å². The minimum atomic E-state index is 0.381. The lowest BCUT2D eigenvalue weighted by Crippen LogP contribution is -2.07. The van der Waals surface area contributed by atoms with E-state index in [-0.39, 0.29) is 0 Å². The SMILES string of the molecule is Cc1c(N)cccc1Oc1nc2c(cc1C#N)CCCC2. The molecule has 1 aromatic carbocycles. The number of anilines is 1. The second-order valence-electron chi connectivity index (χ2n) is 5.34. The molecule has 0 amide bonds. The van der Waals surface area contributed by atoms with E-state index in [4.69, 9.17) is 10.5 Å². The summed E-state index contributed by atoms with van der Waals surface area (Å²) >= 11 is 0. The first-order valence-corrected chi connectivity index (χ1v) is 7.15. The van der Waals surface area contributed by atoms with Crippen molar-refractivity contribution in [3.05, 3.63) is 46.6 Å². The Labute approximate surface area is 124 Å². The highest BCUT2D eigenvalue weighted by molar-refractivity contribution is 5.55. The maximum absolute atomic E-state index is 9.33. The van der Waals surface area contributed by atoms with Crippen molar-refractivity contribution < 1.29 is 4.74 Å². The Morgan fingerprint density at radius 3 is 2.90 bits per heavy atom. The molecule has 0 radical (unpaired) electrons. The molecule has 21 heavy (non-hydrogen) atoms. The normalized spacial score (nSPS) is 13.3. The molecule has 0 saturated heterocycles. The second kappa shape index (κ2) is 5.45. The Balaban J connectivity index is 2.02. The largest absolute Gasteiger partial charge is 0.437 e. The van der Waals surface area contributed by atoms with Crippen LogP contribution in [0.3, 0.4) is 0 Å². The highest BCUT2D eigenvalue weighted by atomic mass is 16.5. The molecule has 0 unspecified atom stereocenters. The monoisotopic (exact) mass is 279 g/mol. The van der Waals surface area contributed by atoms with Gasteiger partial charge in [0.05, 0.1) is 0 Å². The van der Waals surface area contributed by atoms with Crippen LogP contribution in [0, 0.1) is 18.3 Å². The first kappa shape index (κ1) is 13.4. The van der Waals surface area contributed by atoms with Crippen LogP contribution in [0.5, 0.6) is 11.6 Å². The van der Waals surface area contributed by atoms with Gasteiger partial charge in [0.2, 0.25) is 5.88 Å². The predicted molar refractivity (Wildman–Crippen MR) is 81.3 cm³/mol. The molecule has 3 rings (SSSR count). The van der Waals surface area contributed by atoms with E-state index in [1.54, 1.807) is 0 Å². The van der Waals surface area contributed by atoms with Crippen LogP contribution >= 0.6 is 0 Å². The minimum Gasteiger partial charge on any atom is -0.437 e. The Bertz CT molecular complexity index is 732. The molecule has 106 valence electrons. The fraction of sp³-hybridized carbons (Fsp3) is 0.294. The van der Waals surface area contributed by atoms with E-state index in [0.717, 1.165) is 36.9 Å². The number of nitrogens with zero attached hydrogens (tertiary/aromatic N) is 2. The summed E-state index contributed by atoms with van der Waals surface area (Å²) in [4.78, 5) is 4.56. The predicted octanol–water partition coefficient (Wildman–Crippen LogP) is 3.52. The lowest BCUT2D eigenvalue weighted by Gasteiger charge is -2.17. The molecule has 0 aliphatic heterocycles. The van der Waals surface area contributed by atoms with Crippen LogP contribution < -0.4 is 10.5 Å². The molecule has 0 bridgehead atoms. The van der Waals surface area contributed by atoms with Gasteiger partial charge in [-0.2, -0.15) is 5.26 Å². The summed E-state index contributed by atoms with van der Waals surface area (Å²) in [6.45, 7) is 1.90. The third kappa shape index (κ3) is 2.55. The molecule has 1 aliphatic carbocycles. The fourth-order valence-electron chi connectivity index (χ4n) is 2.62. The van der Waals surface area contributed by atoms with Crippen molar-refractivity contribution in [2.75, 3.05) is 5.73 Å². The van der Waals surface area contributed by atoms with Gasteiger partial charge in [0.1, 0.15) is 17.4 Å². The van der Waals surface area contributed by atoms with E-state index in [9.17, 15) is 5.26 Å². The zero-order chi connectivity index (χ0) is 14.8. The molecule has 1 aliphatic rings. The molecule has 1 aromatic heterocycles. The third-order valence-electron chi connectivity index (χ3n) is 3.92. The van der Waals surface area contributed by atoms with E-state index in [1.165, 1.54) is 5.56 Å². The number of hydrogen-bond donors (Lipinski definition) is 1. The Kier molecular flexibility index (Phi) is 3.49. The van der Waals surface area contributed by atoms with Gasteiger partial charge in [-0.05, 0) is 56.4 Å². The van der Waals surface area contributed by atoms with Crippen molar-refractivity contribution in [3.63, 3.8) is 0 Å². The summed E-state index contributed by atoms with van der Waals surface area (Å²) in [6.07, 6.45) is 4.25. The van der Waals surface area contributed by atoms with Crippen molar-refractivity contribution in [2.24, 2.45) is 0 Å². The molecule has 0 spiro atoms. The molecule has 2 aromatic rings. The zero-order valence-corrected chi connectivity index (χ0v) is 12.0. The smallest absolute Gasteiger partial charge is 0.237 e. The summed E-state index contributed by atoms with van der Waals surface area (Å²) < 4.78 is 5.86. The first-order chi connectivity index (χ1) is 10.2. The Morgan fingerprint density at radius 2 is 2.10 bits per heavy atom. The number of pyridine rings is 1. The topological polar surface area (TPSA) is 71.9 Å². The van der Waals surface area contributed by atoms with Crippen molar-refractivity contribution in [3.8, 4) is 17.7 Å². The lowest BCUT2D eigenvalue weighted by molar-refractivity contribution is 0.453. The van der Waals surface area contributed by atoms with Crippen LogP contribution in [0.4, 0.5) is 5.69 Å². The number of hydrogen-bond acceptors (Lipinski definition) is 4. The van der Waals surface area contributed by atoms with Gasteiger partial charge in [-0.15, -0.1) is 0 Å². The van der Waals surface area contributed by atoms with Gasteiger partial charge in [0, 0.05) is 16.9 Å². The molecule has 0 fully saturated rings. The number of rotatable bonds is 2. The van der Waals surface area contributed by atoms with Gasteiger partial charge in [-0.25, -0.2) is 4.98 Å². The summed E-state index contributed by atoms with van der Waals surface area (Å²) in [6, 6.07) is 9.60. The summed E-state index contributed by atoms with van der Waals surface area (Å²) in [5, 5.41) is 9.33.